The molecule has 1 unspecified atom stereocenters. The Hall–Kier alpha value is -1.05. The summed E-state index contributed by atoms with van der Waals surface area (Å²) in [7, 11) is 1.43. The molecule has 17 heavy (non-hydrogen) atoms. The number of hydrogen-bond donors (Lipinski definition) is 0. The Morgan fingerprint density at radius 3 is 2.41 bits per heavy atom. The van der Waals surface area contributed by atoms with Gasteiger partial charge >= 0.3 is 5.97 Å². The lowest BCUT2D eigenvalue weighted by atomic mass is 9.81. The summed E-state index contributed by atoms with van der Waals surface area (Å²) in [5.74, 6) is 0.449. The van der Waals surface area contributed by atoms with E-state index in [0.717, 1.165) is 24.8 Å². The van der Waals surface area contributed by atoms with Crippen LogP contribution in [-0.4, -0.2) is 13.1 Å². The van der Waals surface area contributed by atoms with Gasteiger partial charge in [-0.2, -0.15) is 0 Å². The first kappa shape index (κ1) is 16.0. The van der Waals surface area contributed by atoms with Crippen LogP contribution < -0.4 is 0 Å². The molecule has 0 saturated carbocycles. The second-order valence-corrected chi connectivity index (χ2v) is 4.82. The van der Waals surface area contributed by atoms with Gasteiger partial charge in [-0.15, -0.1) is 6.58 Å². The van der Waals surface area contributed by atoms with Crippen molar-refractivity contribution in [2.75, 3.05) is 7.11 Å². The highest BCUT2D eigenvalue weighted by molar-refractivity contribution is 5.72. The van der Waals surface area contributed by atoms with Crippen molar-refractivity contribution in [2.24, 2.45) is 17.8 Å². The van der Waals surface area contributed by atoms with Crippen molar-refractivity contribution in [2.45, 2.75) is 40.0 Å². The zero-order chi connectivity index (χ0) is 13.4. The van der Waals surface area contributed by atoms with E-state index in [-0.39, 0.29) is 17.8 Å². The molecular formula is C15H26O2. The molecule has 0 aliphatic rings. The highest BCUT2D eigenvalue weighted by atomic mass is 16.5. The first-order chi connectivity index (χ1) is 7.97. The van der Waals surface area contributed by atoms with Crippen LogP contribution in [0.25, 0.3) is 0 Å². The van der Waals surface area contributed by atoms with Crippen molar-refractivity contribution < 1.29 is 9.53 Å². The minimum atomic E-state index is -0.165. The van der Waals surface area contributed by atoms with Crippen molar-refractivity contribution >= 4 is 5.97 Å². The van der Waals surface area contributed by atoms with Gasteiger partial charge in [0, 0.05) is 0 Å². The zero-order valence-electron chi connectivity index (χ0n) is 11.7. The number of allylic oxidation sites excluding steroid dienone is 2. The number of carbonyl (C=O) groups excluding carboxylic acids is 1. The van der Waals surface area contributed by atoms with Gasteiger partial charge < -0.3 is 4.74 Å². The average Bonchev–Trinajstić information content (AvgIpc) is 2.33. The molecule has 0 amide bonds. The van der Waals surface area contributed by atoms with Crippen LogP contribution in [0.1, 0.15) is 40.0 Å². The van der Waals surface area contributed by atoms with Crippen LogP contribution in [-0.2, 0) is 9.53 Å². The predicted molar refractivity (Wildman–Crippen MR) is 72.7 cm³/mol. The first-order valence-electron chi connectivity index (χ1n) is 6.34. The minimum Gasteiger partial charge on any atom is -0.469 e. The van der Waals surface area contributed by atoms with Crippen LogP contribution in [0.15, 0.2) is 24.8 Å². The van der Waals surface area contributed by atoms with Crippen LogP contribution in [0.3, 0.4) is 0 Å². The maximum atomic E-state index is 11.6. The second-order valence-electron chi connectivity index (χ2n) is 4.82. The van der Waals surface area contributed by atoms with Crippen LogP contribution >= 0.6 is 0 Å². The van der Waals surface area contributed by atoms with E-state index in [1.807, 2.05) is 13.0 Å². The van der Waals surface area contributed by atoms with Crippen molar-refractivity contribution in [3.05, 3.63) is 24.8 Å². The van der Waals surface area contributed by atoms with E-state index in [2.05, 4.69) is 27.0 Å². The van der Waals surface area contributed by atoms with E-state index < -0.39 is 0 Å². The van der Waals surface area contributed by atoms with Gasteiger partial charge in [-0.25, -0.2) is 0 Å². The fourth-order valence-corrected chi connectivity index (χ4v) is 2.00. The fraction of sp³-hybridized carbons (Fsp3) is 0.667. The molecule has 0 N–H and O–H groups in total. The summed E-state index contributed by atoms with van der Waals surface area (Å²) >= 11 is 0. The first-order valence-corrected chi connectivity index (χ1v) is 6.34. The van der Waals surface area contributed by atoms with Crippen LogP contribution in [0.4, 0.5) is 0 Å². The van der Waals surface area contributed by atoms with Crippen LogP contribution in [0.5, 0.6) is 0 Å². The standard InChI is InChI=1S/C15H26O2/c1-7-9-14(13(5)15(16)17-6)12(4)10-11(3)8-2/h7,11,13-14H,1,4,8-10H2,2-3,5-6H3/t11-,13?,14-/m1/s1. The highest BCUT2D eigenvalue weighted by Crippen LogP contribution is 2.29. The van der Waals surface area contributed by atoms with E-state index in [9.17, 15) is 4.79 Å². The average molecular weight is 238 g/mol. The Bertz CT molecular complexity index is 268. The number of esters is 1. The summed E-state index contributed by atoms with van der Waals surface area (Å²) < 4.78 is 4.81. The van der Waals surface area contributed by atoms with Gasteiger partial charge in [-0.3, -0.25) is 4.79 Å². The topological polar surface area (TPSA) is 26.3 Å². The Morgan fingerprint density at radius 1 is 1.41 bits per heavy atom. The lowest BCUT2D eigenvalue weighted by molar-refractivity contribution is -0.146. The van der Waals surface area contributed by atoms with Gasteiger partial charge in [0.15, 0.2) is 0 Å². The molecular weight excluding hydrogens is 212 g/mol. The molecule has 0 bridgehead atoms. The number of ether oxygens (including phenoxy) is 1. The van der Waals surface area contributed by atoms with E-state index in [0.29, 0.717) is 5.92 Å². The van der Waals surface area contributed by atoms with Gasteiger partial charge in [0.1, 0.15) is 0 Å². The summed E-state index contributed by atoms with van der Waals surface area (Å²) in [4.78, 5) is 11.6. The van der Waals surface area contributed by atoms with E-state index in [1.165, 1.54) is 7.11 Å². The van der Waals surface area contributed by atoms with Crippen LogP contribution in [0, 0.1) is 17.8 Å². The third-order valence-corrected chi connectivity index (χ3v) is 3.43. The maximum absolute atomic E-state index is 11.6. The number of methoxy groups -OCH3 is 1. The van der Waals surface area contributed by atoms with Crippen LogP contribution in [0.2, 0.25) is 0 Å². The molecule has 0 aromatic rings. The molecule has 0 fully saturated rings. The molecule has 0 radical (unpaired) electrons. The molecule has 98 valence electrons. The lowest BCUT2D eigenvalue weighted by Crippen LogP contribution is -2.24. The normalized spacial score (nSPS) is 15.8. The molecule has 0 spiro atoms. The van der Waals surface area contributed by atoms with Gasteiger partial charge in [-0.1, -0.05) is 45.4 Å². The molecule has 0 aliphatic heterocycles. The van der Waals surface area contributed by atoms with Gasteiger partial charge in [0.2, 0.25) is 0 Å². The molecule has 0 aliphatic carbocycles. The number of carbonyl (C=O) groups is 1. The molecule has 0 rings (SSSR count). The maximum Gasteiger partial charge on any atom is 0.308 e. The monoisotopic (exact) mass is 238 g/mol. The Kier molecular flexibility index (Phi) is 7.60. The van der Waals surface area contributed by atoms with E-state index in [1.54, 1.807) is 0 Å². The predicted octanol–water partition coefficient (Wildman–Crippen LogP) is 3.98. The SMILES string of the molecule is C=CC[C@H](C(=C)C[C@H](C)CC)C(C)C(=O)OC. The third kappa shape index (κ3) is 5.20. The summed E-state index contributed by atoms with van der Waals surface area (Å²) in [6.07, 6.45) is 4.74. The zero-order valence-corrected chi connectivity index (χ0v) is 11.7. The Labute approximate surface area is 106 Å². The Balaban J connectivity index is 4.65. The molecule has 3 atom stereocenters. The van der Waals surface area contributed by atoms with Crippen molar-refractivity contribution in [3.63, 3.8) is 0 Å². The molecule has 0 heterocycles. The summed E-state index contributed by atoms with van der Waals surface area (Å²) in [5, 5.41) is 0. The third-order valence-electron chi connectivity index (χ3n) is 3.43. The summed E-state index contributed by atoms with van der Waals surface area (Å²) in [5.41, 5.74) is 1.14. The quantitative estimate of drug-likeness (QED) is 0.472. The number of hydrogen-bond acceptors (Lipinski definition) is 2. The van der Waals surface area contributed by atoms with Gasteiger partial charge in [0.05, 0.1) is 13.0 Å². The lowest BCUT2D eigenvalue weighted by Gasteiger charge is -2.25. The molecule has 0 aromatic heterocycles. The molecule has 2 nitrogen and oxygen atoms in total. The fourth-order valence-electron chi connectivity index (χ4n) is 2.00. The highest BCUT2D eigenvalue weighted by Gasteiger charge is 2.26. The van der Waals surface area contributed by atoms with Crippen molar-refractivity contribution in [1.29, 1.82) is 0 Å². The number of rotatable bonds is 8. The van der Waals surface area contributed by atoms with Gasteiger partial charge in [0.25, 0.3) is 0 Å². The summed E-state index contributed by atoms with van der Waals surface area (Å²) in [6.45, 7) is 14.2. The minimum absolute atomic E-state index is 0.144. The van der Waals surface area contributed by atoms with E-state index >= 15 is 0 Å². The van der Waals surface area contributed by atoms with Gasteiger partial charge in [-0.05, 0) is 24.7 Å². The largest absolute Gasteiger partial charge is 0.469 e. The van der Waals surface area contributed by atoms with Crippen molar-refractivity contribution in [1.82, 2.24) is 0 Å². The summed E-state index contributed by atoms with van der Waals surface area (Å²) in [6, 6.07) is 0. The molecule has 0 saturated heterocycles. The molecule has 2 heteroatoms. The second kappa shape index (κ2) is 8.10. The Morgan fingerprint density at radius 2 is 2.00 bits per heavy atom. The molecule has 0 aromatic carbocycles. The van der Waals surface area contributed by atoms with Crippen molar-refractivity contribution in [3.8, 4) is 0 Å². The smallest absolute Gasteiger partial charge is 0.308 e. The van der Waals surface area contributed by atoms with E-state index in [4.69, 9.17) is 4.74 Å².